The molecule has 0 radical (unpaired) electrons. The molecule has 4 amide bonds. The zero-order chi connectivity index (χ0) is 80.2. The number of aryl methyl sites for hydroxylation is 1. The fraction of sp³-hybridized carbons (Fsp3) is 0.623. The van der Waals surface area contributed by atoms with Crippen LogP contribution in [-0.4, -0.2) is 334 Å². The van der Waals surface area contributed by atoms with Crippen molar-refractivity contribution in [3.05, 3.63) is 54.1 Å². The SMILES string of the molecule is CCCOCCC(=O)N[C@H](CCC(=O)CC(CCOP(=O)(O)CC(CCC(=O)O)C(=O)O)C(=O)O)C(=O)O.COCCOCCOCCOCCC(=O)NCCC(=O)N1Cc2ccccc2-c2c(nnn2CCCNC(=O)CN2CCN(C)CCN(C)CCN(CC(=O)O)CC2)-c2ccccc21.O=C=O.O=C=O.[GaH3]. The van der Waals surface area contributed by atoms with E-state index in [1.165, 1.54) is 0 Å². The minimum absolute atomic E-state index is 0. The van der Waals surface area contributed by atoms with Gasteiger partial charge in [-0.05, 0) is 57.8 Å². The summed E-state index contributed by atoms with van der Waals surface area (Å²) in [6, 6.07) is 14.2. The number of para-hydroxylation sites is 1. The normalized spacial score (nSPS) is 14.6. The van der Waals surface area contributed by atoms with Gasteiger partial charge in [-0.3, -0.25) is 57.5 Å². The van der Waals surface area contributed by atoms with E-state index in [1.807, 2.05) is 65.0 Å². The molecule has 2 aromatic carbocycles. The molecule has 109 heavy (non-hydrogen) atoms. The second-order valence-corrected chi connectivity index (χ2v) is 26.7. The Labute approximate surface area is 644 Å². The molecule has 9 N–H and O–H groups in total. The summed E-state index contributed by atoms with van der Waals surface area (Å²) in [5.74, 6) is -10.8. The third-order valence-electron chi connectivity index (χ3n) is 16.4. The van der Waals surface area contributed by atoms with Crippen LogP contribution in [-0.2, 0) is 113 Å². The van der Waals surface area contributed by atoms with E-state index in [0.717, 1.165) is 55.0 Å². The monoisotopic (exact) mass is 1620 g/mol. The summed E-state index contributed by atoms with van der Waals surface area (Å²) >= 11 is 0. The average molecular weight is 1620 g/mol. The van der Waals surface area contributed by atoms with E-state index >= 15 is 0 Å². The molecular weight excluding hydrogens is 1520 g/mol. The van der Waals surface area contributed by atoms with Crippen molar-refractivity contribution in [1.29, 1.82) is 0 Å². The molecule has 1 saturated heterocycles. The molecule has 3 aromatic rings. The molecule has 3 heterocycles. The standard InChI is InChI=1S/C45H68N10O9.C22H36NO14P.2CO2.Ga.3H/c1-50-18-19-51(2)21-23-53(35-43(59)60)25-24-52(22-20-50)34-41(57)46-15-8-17-55-45-37-10-5-4-9-36(37)33-54(39-12-7-6-11-38(39)44(45)48-49-55)42(58)13-16-47-40(56)14-26-62-29-30-64-32-31-63-28-27-61-3;1-2-9-36-10-8-18(25)23-17(22(32)33)5-4-16(24)12-14(20(28)29)7-11-37-38(34,35)13-15(21(30)31)3-6-19(26)27;2*2-1-3;;;;/h4-7,9-12H,8,13-35H2,1-3H3,(H,46,57)(H,47,56)(H,59,60);14-15,17H,2-13H2,1H3,(H,23,25)(H,26,27)(H,28,29)(H,30,31)(H,32,33)(H,34,35);;;;;;/t;14?,15?,17-;;;;;;/m.1....../s1. The van der Waals surface area contributed by atoms with Crippen LogP contribution in [0.25, 0.3) is 22.5 Å². The molecule has 1 aromatic heterocycles. The fourth-order valence-corrected chi connectivity index (χ4v) is 12.1. The number of hydrogen-bond donors (Lipinski definition) is 9. The first-order valence-corrected chi connectivity index (χ1v) is 36.8. The number of ketones is 1. The molecule has 40 heteroatoms. The number of nitrogens with one attached hydrogen (secondary N) is 3. The number of anilines is 1. The van der Waals surface area contributed by atoms with Gasteiger partial charge in [0.15, 0.2) is 0 Å². The number of carboxylic acid groups (broad SMARTS) is 5. The van der Waals surface area contributed by atoms with E-state index in [1.54, 1.807) is 12.0 Å². The zero-order valence-corrected chi connectivity index (χ0v) is 62.5. The van der Waals surface area contributed by atoms with Crippen LogP contribution in [0.2, 0.25) is 0 Å². The number of carboxylic acids is 5. The predicted octanol–water partition coefficient (Wildman–Crippen LogP) is -0.257. The van der Waals surface area contributed by atoms with Crippen LogP contribution in [0.15, 0.2) is 48.5 Å². The van der Waals surface area contributed by atoms with Gasteiger partial charge in [-0.1, -0.05) is 54.6 Å². The first-order valence-electron chi connectivity index (χ1n) is 35.1. The number of benzene rings is 2. The Morgan fingerprint density at radius 3 is 1.69 bits per heavy atom. The molecule has 1 fully saturated rings. The first kappa shape index (κ1) is 98.7. The summed E-state index contributed by atoms with van der Waals surface area (Å²) in [7, 11) is 1.25. The fourth-order valence-electron chi connectivity index (χ4n) is 10.7. The van der Waals surface area contributed by atoms with E-state index in [9.17, 15) is 72.7 Å². The number of rotatable bonds is 46. The molecule has 608 valence electrons. The van der Waals surface area contributed by atoms with Gasteiger partial charge in [0.05, 0.1) is 108 Å². The van der Waals surface area contributed by atoms with Gasteiger partial charge in [0.1, 0.15) is 17.5 Å². The van der Waals surface area contributed by atoms with Crippen molar-refractivity contribution in [1.82, 2.24) is 50.5 Å². The number of likely N-dealkylation sites (N-methyl/N-ethyl adjacent to an activating group) is 2. The third kappa shape index (κ3) is 43.0. The molecule has 0 spiro atoms. The Kier molecular flexibility index (Phi) is 52.2. The van der Waals surface area contributed by atoms with E-state index in [4.69, 9.17) is 57.6 Å². The van der Waals surface area contributed by atoms with Gasteiger partial charge in [0.25, 0.3) is 0 Å². The van der Waals surface area contributed by atoms with Crippen LogP contribution in [0.3, 0.4) is 0 Å². The van der Waals surface area contributed by atoms with E-state index in [-0.39, 0.29) is 121 Å². The van der Waals surface area contributed by atoms with Crippen molar-refractivity contribution < 1.29 is 130 Å². The van der Waals surface area contributed by atoms with Crippen molar-refractivity contribution in [3.8, 4) is 22.5 Å². The predicted molar refractivity (Wildman–Crippen MR) is 390 cm³/mol. The van der Waals surface area contributed by atoms with E-state index < -0.39 is 99.0 Å². The summed E-state index contributed by atoms with van der Waals surface area (Å²) in [6.45, 7) is 12.3. The number of hydrogen-bond acceptors (Lipinski definition) is 27. The number of fused-ring (bicyclic) bond motifs is 5. The molecule has 0 bridgehead atoms. The van der Waals surface area contributed by atoms with Crippen LogP contribution < -0.4 is 20.9 Å². The summed E-state index contributed by atoms with van der Waals surface area (Å²) in [5.41, 5.74) is 4.82. The van der Waals surface area contributed by atoms with Gasteiger partial charge in [-0.2, -0.15) is 19.2 Å². The molecule has 5 rings (SSSR count). The second kappa shape index (κ2) is 57.7. The number of methoxy groups -OCH3 is 1. The van der Waals surface area contributed by atoms with Crippen LogP contribution in [0.1, 0.15) is 83.1 Å². The average Bonchev–Trinajstić information content (AvgIpc) is 1.67. The van der Waals surface area contributed by atoms with E-state index in [2.05, 4.69) is 55.1 Å². The Morgan fingerprint density at radius 1 is 0.578 bits per heavy atom. The minimum atomic E-state index is -4.51. The summed E-state index contributed by atoms with van der Waals surface area (Å²) in [6.07, 6.45) is -1.30. The molecule has 0 saturated carbocycles. The Morgan fingerprint density at radius 2 is 1.11 bits per heavy atom. The van der Waals surface area contributed by atoms with Crippen LogP contribution in [0, 0.1) is 11.8 Å². The van der Waals surface area contributed by atoms with Gasteiger partial charge in [0.2, 0.25) is 23.6 Å². The number of carbonyl (C=O) groups excluding carboxylic acids is 9. The Bertz CT molecular complexity index is 3390. The van der Waals surface area contributed by atoms with Crippen LogP contribution in [0.4, 0.5) is 5.69 Å². The zero-order valence-electron chi connectivity index (χ0n) is 61.6. The number of carbonyl (C=O) groups is 10. The maximum absolute atomic E-state index is 13.9. The van der Waals surface area contributed by atoms with Gasteiger partial charge in [-0.15, -0.1) is 5.10 Å². The van der Waals surface area contributed by atoms with Crippen molar-refractivity contribution in [3.63, 3.8) is 0 Å². The van der Waals surface area contributed by atoms with Crippen molar-refractivity contribution >= 4 is 105 Å². The van der Waals surface area contributed by atoms with Crippen molar-refractivity contribution in [2.45, 2.75) is 96.7 Å². The van der Waals surface area contributed by atoms with Crippen LogP contribution >= 0.6 is 7.60 Å². The quantitative estimate of drug-likeness (QED) is 0.0200. The number of aliphatic carboxylic acids is 5. The molecule has 38 nitrogen and oxygen atoms in total. The number of amides is 4. The van der Waals surface area contributed by atoms with Gasteiger partial charge >= 0.3 is 69.5 Å². The number of Topliss-reactive ketones (excluding diaryl/α,β-unsaturated/α-hetero) is 1. The summed E-state index contributed by atoms with van der Waals surface area (Å²) in [5, 5.41) is 63.4. The maximum atomic E-state index is 13.9. The second-order valence-electron chi connectivity index (χ2n) is 24.8. The Balaban J connectivity index is 0.00000113. The first-order chi connectivity index (χ1) is 51.6. The van der Waals surface area contributed by atoms with Gasteiger partial charge in [0, 0.05) is 135 Å². The molecule has 2 aliphatic heterocycles. The van der Waals surface area contributed by atoms with E-state index in [0.29, 0.717) is 110 Å². The van der Waals surface area contributed by atoms with Gasteiger partial charge < -0.3 is 89.3 Å². The Hall–Kier alpha value is -8.33. The topological polar surface area (TPSA) is 516 Å². The molecule has 4 atom stereocenters. The molecule has 2 aliphatic rings. The third-order valence-corrected chi connectivity index (χ3v) is 17.9. The van der Waals surface area contributed by atoms with Crippen molar-refractivity contribution in [2.24, 2.45) is 11.8 Å². The number of aromatic nitrogens is 3. The molecular formula is C69H107GaN11O27P. The summed E-state index contributed by atoms with van der Waals surface area (Å²) in [4.78, 5) is 173. The number of ether oxygens (including phenoxy) is 5. The van der Waals surface area contributed by atoms with Crippen LogP contribution in [0.5, 0.6) is 0 Å². The van der Waals surface area contributed by atoms with Crippen molar-refractivity contribution in [2.75, 3.05) is 177 Å². The summed E-state index contributed by atoms with van der Waals surface area (Å²) < 4.78 is 45.3. The number of nitrogens with zero attached hydrogens (tertiary/aromatic N) is 8. The molecule has 3 unspecified atom stereocenters. The van der Waals surface area contributed by atoms with Gasteiger partial charge in [-0.25, -0.2) is 9.48 Å². The molecule has 0 aliphatic carbocycles.